The maximum atomic E-state index is 12.9. The summed E-state index contributed by atoms with van der Waals surface area (Å²) in [5.74, 6) is -1.43. The molecule has 0 aliphatic carbocycles. The van der Waals surface area contributed by atoms with E-state index < -0.39 is 36.8 Å². The van der Waals surface area contributed by atoms with Crippen LogP contribution in [0.5, 0.6) is 0 Å². The topological polar surface area (TPSA) is 104 Å². The van der Waals surface area contributed by atoms with E-state index in [1.165, 1.54) is 0 Å². The molecule has 1 rings (SSSR count). The molecule has 0 aliphatic heterocycles. The molecule has 1 aromatic rings. The van der Waals surface area contributed by atoms with Gasteiger partial charge in [0.2, 0.25) is 0 Å². The van der Waals surface area contributed by atoms with E-state index in [4.69, 9.17) is 20.9 Å². The Bertz CT molecular complexity index is 517. The predicted octanol–water partition coefficient (Wildman–Crippen LogP) is -0.270. The molecule has 0 aromatic heterocycles. The van der Waals surface area contributed by atoms with Crippen LogP contribution in [0.4, 0.5) is 13.2 Å². The van der Waals surface area contributed by atoms with Crippen molar-refractivity contribution in [3.8, 4) is 0 Å². The second-order valence-electron chi connectivity index (χ2n) is 4.69. The lowest BCUT2D eigenvalue weighted by Gasteiger charge is -2.22. The normalized spacial score (nSPS) is 14.8. The molecule has 20 heavy (non-hydrogen) atoms. The van der Waals surface area contributed by atoms with Gasteiger partial charge in [0.1, 0.15) is 5.54 Å². The summed E-state index contributed by atoms with van der Waals surface area (Å²) >= 11 is 0. The zero-order valence-electron chi connectivity index (χ0n) is 10.5. The van der Waals surface area contributed by atoms with Gasteiger partial charge in [0.05, 0.1) is 5.56 Å². The van der Waals surface area contributed by atoms with Crippen LogP contribution in [-0.4, -0.2) is 33.8 Å². The van der Waals surface area contributed by atoms with Crippen molar-refractivity contribution in [2.75, 3.05) is 0 Å². The van der Waals surface area contributed by atoms with Crippen LogP contribution in [0.25, 0.3) is 0 Å². The number of aliphatic carboxylic acids is 1. The van der Waals surface area contributed by atoms with Crippen molar-refractivity contribution >= 4 is 18.6 Å². The highest BCUT2D eigenvalue weighted by molar-refractivity contribution is 6.58. The average molecular weight is 291 g/mol. The Hall–Kier alpha value is -1.58. The molecule has 0 aliphatic rings. The Kier molecular flexibility index (Phi) is 4.47. The first-order valence-corrected chi connectivity index (χ1v) is 5.53. The van der Waals surface area contributed by atoms with Crippen molar-refractivity contribution in [3.63, 3.8) is 0 Å². The minimum absolute atomic E-state index is 0.325. The average Bonchev–Trinajstić information content (AvgIpc) is 2.26. The molecule has 1 aromatic carbocycles. The number of rotatable bonds is 4. The molecule has 0 radical (unpaired) electrons. The molecule has 0 saturated heterocycles. The van der Waals surface area contributed by atoms with Gasteiger partial charge in [-0.3, -0.25) is 4.79 Å². The Balaban J connectivity index is 3.30. The summed E-state index contributed by atoms with van der Waals surface area (Å²) in [7, 11) is -2.05. The smallest absolute Gasteiger partial charge is 0.480 e. The highest BCUT2D eigenvalue weighted by atomic mass is 19.4. The van der Waals surface area contributed by atoms with Gasteiger partial charge in [0.25, 0.3) is 0 Å². The zero-order valence-corrected chi connectivity index (χ0v) is 10.5. The summed E-state index contributed by atoms with van der Waals surface area (Å²) in [4.78, 5) is 10.9. The maximum Gasteiger partial charge on any atom is 0.488 e. The second kappa shape index (κ2) is 5.43. The molecule has 0 heterocycles. The Morgan fingerprint density at radius 3 is 2.30 bits per heavy atom. The van der Waals surface area contributed by atoms with Crippen LogP contribution >= 0.6 is 0 Å². The number of benzene rings is 1. The van der Waals surface area contributed by atoms with Crippen molar-refractivity contribution in [2.45, 2.75) is 25.1 Å². The lowest BCUT2D eigenvalue weighted by molar-refractivity contribution is -0.144. The minimum Gasteiger partial charge on any atom is -0.480 e. The minimum atomic E-state index is -4.76. The molecule has 110 valence electrons. The lowest BCUT2D eigenvalue weighted by atomic mass is 9.78. The lowest BCUT2D eigenvalue weighted by Crippen LogP contribution is -2.47. The van der Waals surface area contributed by atoms with Crippen LogP contribution in [0.1, 0.15) is 18.1 Å². The highest BCUT2D eigenvalue weighted by Gasteiger charge is 2.37. The van der Waals surface area contributed by atoms with Crippen LogP contribution in [0.3, 0.4) is 0 Å². The van der Waals surface area contributed by atoms with Crippen LogP contribution in [-0.2, 0) is 17.4 Å². The molecule has 0 fully saturated rings. The van der Waals surface area contributed by atoms with Crippen molar-refractivity contribution < 1.29 is 33.1 Å². The quantitative estimate of drug-likeness (QED) is 0.572. The number of carbonyl (C=O) groups is 1. The van der Waals surface area contributed by atoms with Crippen molar-refractivity contribution in [3.05, 3.63) is 29.3 Å². The third-order valence-electron chi connectivity index (χ3n) is 2.78. The van der Waals surface area contributed by atoms with Gasteiger partial charge in [-0.2, -0.15) is 13.2 Å². The van der Waals surface area contributed by atoms with Crippen LogP contribution in [0.15, 0.2) is 18.2 Å². The SMILES string of the molecule is C[C@@](N)(Cc1ccc(B(O)O)cc1C(F)(F)F)C(=O)O. The van der Waals surface area contributed by atoms with Gasteiger partial charge in [-0.05, 0) is 24.0 Å². The number of carboxylic acids is 1. The summed E-state index contributed by atoms with van der Waals surface area (Å²) in [5.41, 5.74) is 1.77. The highest BCUT2D eigenvalue weighted by Crippen LogP contribution is 2.32. The molecule has 9 heteroatoms. The number of nitrogens with two attached hydrogens (primary N) is 1. The molecule has 0 amide bonds. The third-order valence-corrected chi connectivity index (χ3v) is 2.78. The summed E-state index contributed by atoms with van der Waals surface area (Å²) < 4.78 is 38.7. The van der Waals surface area contributed by atoms with E-state index in [0.29, 0.717) is 6.07 Å². The van der Waals surface area contributed by atoms with Crippen LogP contribution in [0.2, 0.25) is 0 Å². The summed E-state index contributed by atoms with van der Waals surface area (Å²) in [5, 5.41) is 26.6. The van der Waals surface area contributed by atoms with Gasteiger partial charge in [0, 0.05) is 6.42 Å². The van der Waals surface area contributed by atoms with Gasteiger partial charge in [0.15, 0.2) is 0 Å². The largest absolute Gasteiger partial charge is 0.488 e. The molecule has 0 bridgehead atoms. The summed E-state index contributed by atoms with van der Waals surface area (Å²) in [6, 6.07) is 2.64. The van der Waals surface area contributed by atoms with E-state index in [2.05, 4.69) is 0 Å². The van der Waals surface area contributed by atoms with Crippen LogP contribution in [0, 0.1) is 0 Å². The molecule has 0 saturated carbocycles. The Morgan fingerprint density at radius 2 is 1.90 bits per heavy atom. The zero-order chi connectivity index (χ0) is 15.7. The van der Waals surface area contributed by atoms with Crippen LogP contribution < -0.4 is 11.2 Å². The molecule has 5 nitrogen and oxygen atoms in total. The predicted molar refractivity (Wildman–Crippen MR) is 65.2 cm³/mol. The van der Waals surface area contributed by atoms with Crippen molar-refractivity contribution in [1.82, 2.24) is 0 Å². The number of alkyl halides is 3. The van der Waals surface area contributed by atoms with Gasteiger partial charge in [-0.25, -0.2) is 0 Å². The second-order valence-corrected chi connectivity index (χ2v) is 4.69. The van der Waals surface area contributed by atoms with E-state index in [-0.39, 0.29) is 11.0 Å². The molecular formula is C11H13BF3NO4. The molecule has 0 spiro atoms. The molecule has 0 unspecified atom stereocenters. The summed E-state index contributed by atoms with van der Waals surface area (Å²) in [6.45, 7) is 1.10. The summed E-state index contributed by atoms with van der Waals surface area (Å²) in [6.07, 6.45) is -5.30. The maximum absolute atomic E-state index is 12.9. The van der Waals surface area contributed by atoms with Crippen molar-refractivity contribution in [1.29, 1.82) is 0 Å². The first kappa shape index (κ1) is 16.5. The van der Waals surface area contributed by atoms with E-state index in [1.54, 1.807) is 0 Å². The first-order chi connectivity index (χ1) is 8.95. The van der Waals surface area contributed by atoms with E-state index in [1.807, 2.05) is 0 Å². The Labute approximate surface area is 113 Å². The van der Waals surface area contributed by atoms with E-state index in [0.717, 1.165) is 19.1 Å². The van der Waals surface area contributed by atoms with Gasteiger partial charge in [-0.15, -0.1) is 0 Å². The third kappa shape index (κ3) is 3.72. The number of carboxylic acid groups (broad SMARTS) is 1. The van der Waals surface area contributed by atoms with Crippen molar-refractivity contribution in [2.24, 2.45) is 5.73 Å². The number of hydrogen-bond acceptors (Lipinski definition) is 4. The van der Waals surface area contributed by atoms with Gasteiger partial charge < -0.3 is 20.9 Å². The fourth-order valence-corrected chi connectivity index (χ4v) is 1.64. The Morgan fingerprint density at radius 1 is 1.35 bits per heavy atom. The first-order valence-electron chi connectivity index (χ1n) is 5.53. The number of hydrogen-bond donors (Lipinski definition) is 4. The van der Waals surface area contributed by atoms with Gasteiger partial charge in [-0.1, -0.05) is 12.1 Å². The van der Waals surface area contributed by atoms with E-state index in [9.17, 15) is 18.0 Å². The number of halogens is 3. The standard InChI is InChI=1S/C11H13BF3NO4/c1-10(16,9(17)18)5-6-2-3-7(12(19)20)4-8(6)11(13,14)15/h2-4,19-20H,5,16H2,1H3,(H,17,18)/t10-/m1/s1. The molecule has 5 N–H and O–H groups in total. The monoisotopic (exact) mass is 291 g/mol. The van der Waals surface area contributed by atoms with Gasteiger partial charge >= 0.3 is 19.3 Å². The molecule has 1 atom stereocenters. The molecular weight excluding hydrogens is 278 g/mol. The van der Waals surface area contributed by atoms with E-state index >= 15 is 0 Å². The fraction of sp³-hybridized carbons (Fsp3) is 0.364. The fourth-order valence-electron chi connectivity index (χ4n) is 1.64.